The summed E-state index contributed by atoms with van der Waals surface area (Å²) in [5.74, 6) is -0.0934. The molecule has 0 aliphatic rings. The van der Waals surface area contributed by atoms with Crippen LogP contribution < -0.4 is 5.32 Å². The number of carbonyl (C=O) groups excluding carboxylic acids is 1. The Kier molecular flexibility index (Phi) is 2.68. The van der Waals surface area contributed by atoms with Crippen molar-refractivity contribution in [3.8, 4) is 0 Å². The molecule has 15 heavy (non-hydrogen) atoms. The van der Waals surface area contributed by atoms with Gasteiger partial charge >= 0.3 is 0 Å². The summed E-state index contributed by atoms with van der Waals surface area (Å²) in [6.07, 6.45) is 2.96. The fraction of sp³-hybridized carbons (Fsp3) is 0.111. The van der Waals surface area contributed by atoms with E-state index < -0.39 is 0 Å². The van der Waals surface area contributed by atoms with Gasteiger partial charge in [0.1, 0.15) is 6.33 Å². The van der Waals surface area contributed by atoms with E-state index in [9.17, 15) is 4.79 Å². The Hall–Kier alpha value is -2.24. The lowest BCUT2D eigenvalue weighted by atomic mass is 10.3. The van der Waals surface area contributed by atoms with Gasteiger partial charge in [-0.25, -0.2) is 4.98 Å². The zero-order valence-corrected chi connectivity index (χ0v) is 7.84. The number of amides is 1. The van der Waals surface area contributed by atoms with E-state index in [0.29, 0.717) is 6.54 Å². The molecule has 76 valence electrons. The van der Waals surface area contributed by atoms with Gasteiger partial charge in [-0.2, -0.15) is 5.10 Å². The van der Waals surface area contributed by atoms with Gasteiger partial charge < -0.3 is 5.32 Å². The van der Waals surface area contributed by atoms with Crippen molar-refractivity contribution in [3.05, 3.63) is 42.2 Å². The lowest BCUT2D eigenvalue weighted by Crippen LogP contribution is -2.24. The van der Waals surface area contributed by atoms with E-state index in [0.717, 1.165) is 5.69 Å². The average Bonchev–Trinajstić information content (AvgIpc) is 2.81. The molecule has 2 rings (SSSR count). The fourth-order valence-electron chi connectivity index (χ4n) is 1.07. The minimum absolute atomic E-state index is 0.200. The second-order valence-electron chi connectivity index (χ2n) is 2.84. The summed E-state index contributed by atoms with van der Waals surface area (Å²) in [4.78, 5) is 19.2. The summed E-state index contributed by atoms with van der Waals surface area (Å²) in [7, 11) is 0. The van der Waals surface area contributed by atoms with Gasteiger partial charge in [0.05, 0.1) is 12.2 Å². The molecule has 2 N–H and O–H groups in total. The topological polar surface area (TPSA) is 83.6 Å². The number of rotatable bonds is 3. The molecule has 2 heterocycles. The zero-order valence-electron chi connectivity index (χ0n) is 7.84. The molecule has 2 aromatic rings. The van der Waals surface area contributed by atoms with Crippen LogP contribution >= 0.6 is 0 Å². The van der Waals surface area contributed by atoms with Crippen molar-refractivity contribution in [2.24, 2.45) is 0 Å². The van der Waals surface area contributed by atoms with E-state index >= 15 is 0 Å². The van der Waals surface area contributed by atoms with Crippen molar-refractivity contribution >= 4 is 5.91 Å². The van der Waals surface area contributed by atoms with Crippen LogP contribution in [0.25, 0.3) is 0 Å². The summed E-state index contributed by atoms with van der Waals surface area (Å²) < 4.78 is 0. The molecule has 0 radical (unpaired) electrons. The molecule has 0 unspecified atom stereocenters. The van der Waals surface area contributed by atoms with Gasteiger partial charge in [-0.15, -0.1) is 0 Å². The third-order valence-electron chi connectivity index (χ3n) is 1.79. The number of aromatic amines is 1. The number of nitrogens with one attached hydrogen (secondary N) is 2. The molecule has 0 aromatic carbocycles. The van der Waals surface area contributed by atoms with Crippen molar-refractivity contribution in [1.29, 1.82) is 0 Å². The molecule has 2 aromatic heterocycles. The Morgan fingerprint density at radius 1 is 1.40 bits per heavy atom. The lowest BCUT2D eigenvalue weighted by Gasteiger charge is -2.01. The summed E-state index contributed by atoms with van der Waals surface area (Å²) >= 11 is 0. The predicted octanol–water partition coefficient (Wildman–Crippen LogP) is 0.130. The third kappa shape index (κ3) is 2.37. The second kappa shape index (κ2) is 4.32. The van der Waals surface area contributed by atoms with Crippen LogP contribution in [-0.4, -0.2) is 26.1 Å². The lowest BCUT2D eigenvalue weighted by molar-refractivity contribution is 0.0940. The Morgan fingerprint density at radius 2 is 2.33 bits per heavy atom. The van der Waals surface area contributed by atoms with Gasteiger partial charge in [0.15, 0.2) is 0 Å². The van der Waals surface area contributed by atoms with E-state index in [1.165, 1.54) is 6.33 Å². The van der Waals surface area contributed by atoms with E-state index in [1.807, 2.05) is 18.2 Å². The van der Waals surface area contributed by atoms with Crippen LogP contribution in [0.4, 0.5) is 0 Å². The molecule has 0 spiro atoms. The van der Waals surface area contributed by atoms with Gasteiger partial charge in [-0.3, -0.25) is 14.9 Å². The molecular formula is C9H9N5O. The number of carbonyl (C=O) groups is 1. The zero-order chi connectivity index (χ0) is 10.5. The molecule has 0 bridgehead atoms. The SMILES string of the molecule is O=C(NCc1ccccn1)c1ncn[nH]1. The number of hydrogen-bond donors (Lipinski definition) is 2. The predicted molar refractivity (Wildman–Crippen MR) is 51.8 cm³/mol. The average molecular weight is 203 g/mol. The van der Waals surface area contributed by atoms with Gasteiger partial charge in [0.2, 0.25) is 5.82 Å². The maximum absolute atomic E-state index is 11.4. The largest absolute Gasteiger partial charge is 0.344 e. The minimum Gasteiger partial charge on any atom is -0.344 e. The van der Waals surface area contributed by atoms with Crippen molar-refractivity contribution in [1.82, 2.24) is 25.5 Å². The first-order valence-electron chi connectivity index (χ1n) is 4.40. The highest BCUT2D eigenvalue weighted by Crippen LogP contribution is 1.93. The maximum atomic E-state index is 11.4. The molecule has 0 aliphatic heterocycles. The smallest absolute Gasteiger partial charge is 0.288 e. The normalized spacial score (nSPS) is 9.87. The van der Waals surface area contributed by atoms with E-state index in [-0.39, 0.29) is 11.7 Å². The van der Waals surface area contributed by atoms with Crippen LogP contribution in [0.5, 0.6) is 0 Å². The van der Waals surface area contributed by atoms with Gasteiger partial charge in [0, 0.05) is 6.20 Å². The quantitative estimate of drug-likeness (QED) is 0.742. The van der Waals surface area contributed by atoms with Crippen LogP contribution in [-0.2, 0) is 6.54 Å². The van der Waals surface area contributed by atoms with Crippen LogP contribution in [0.1, 0.15) is 16.3 Å². The fourth-order valence-corrected chi connectivity index (χ4v) is 1.07. The summed E-state index contributed by atoms with van der Waals surface area (Å²) in [5.41, 5.74) is 0.797. The van der Waals surface area contributed by atoms with Gasteiger partial charge in [-0.05, 0) is 12.1 Å². The maximum Gasteiger partial charge on any atom is 0.288 e. The first-order chi connectivity index (χ1) is 7.36. The molecule has 0 aliphatic carbocycles. The standard InChI is InChI=1S/C9H9N5O/c15-9(8-12-6-13-14-8)11-5-7-3-1-2-4-10-7/h1-4,6H,5H2,(H,11,15)(H,12,13,14). The highest BCUT2D eigenvalue weighted by molar-refractivity contribution is 5.90. The van der Waals surface area contributed by atoms with Crippen LogP contribution in [0.15, 0.2) is 30.7 Å². The second-order valence-corrected chi connectivity index (χ2v) is 2.84. The Labute approximate surface area is 85.8 Å². The molecule has 6 heteroatoms. The Morgan fingerprint density at radius 3 is 3.00 bits per heavy atom. The van der Waals surface area contributed by atoms with Crippen LogP contribution in [0.2, 0.25) is 0 Å². The highest BCUT2D eigenvalue weighted by Gasteiger charge is 2.07. The summed E-state index contributed by atoms with van der Waals surface area (Å²) in [6, 6.07) is 5.52. The summed E-state index contributed by atoms with van der Waals surface area (Å²) in [5, 5.41) is 8.73. The Bertz CT molecular complexity index is 425. The number of nitrogens with zero attached hydrogens (tertiary/aromatic N) is 3. The minimum atomic E-state index is -0.293. The number of aromatic nitrogens is 4. The molecular weight excluding hydrogens is 194 g/mol. The molecule has 0 fully saturated rings. The number of H-pyrrole nitrogens is 1. The van der Waals surface area contributed by atoms with E-state index in [1.54, 1.807) is 6.20 Å². The summed E-state index contributed by atoms with van der Waals surface area (Å²) in [6.45, 7) is 0.375. The van der Waals surface area contributed by atoms with Crippen LogP contribution in [0, 0.1) is 0 Å². The van der Waals surface area contributed by atoms with Crippen molar-refractivity contribution in [3.63, 3.8) is 0 Å². The molecule has 0 saturated carbocycles. The van der Waals surface area contributed by atoms with Crippen molar-refractivity contribution in [2.75, 3.05) is 0 Å². The number of hydrogen-bond acceptors (Lipinski definition) is 4. The Balaban J connectivity index is 1.92. The first-order valence-corrected chi connectivity index (χ1v) is 4.40. The van der Waals surface area contributed by atoms with E-state index in [4.69, 9.17) is 0 Å². The molecule has 0 atom stereocenters. The molecule has 6 nitrogen and oxygen atoms in total. The van der Waals surface area contributed by atoms with E-state index in [2.05, 4.69) is 25.5 Å². The highest BCUT2D eigenvalue weighted by atomic mass is 16.2. The van der Waals surface area contributed by atoms with Crippen LogP contribution in [0.3, 0.4) is 0 Å². The first kappa shape index (κ1) is 9.32. The molecule has 0 saturated heterocycles. The number of pyridine rings is 1. The van der Waals surface area contributed by atoms with Crippen molar-refractivity contribution in [2.45, 2.75) is 6.54 Å². The van der Waals surface area contributed by atoms with Crippen molar-refractivity contribution < 1.29 is 4.79 Å². The van der Waals surface area contributed by atoms with Gasteiger partial charge in [-0.1, -0.05) is 6.07 Å². The molecule has 1 amide bonds. The monoisotopic (exact) mass is 203 g/mol. The van der Waals surface area contributed by atoms with Gasteiger partial charge in [0.25, 0.3) is 5.91 Å². The third-order valence-corrected chi connectivity index (χ3v) is 1.79.